The molecular formula is C12H12N4O4. The second kappa shape index (κ2) is 5.83. The van der Waals surface area contributed by atoms with Crippen LogP contribution >= 0.6 is 0 Å². The zero-order chi connectivity index (χ0) is 14.5. The first-order valence-corrected chi connectivity index (χ1v) is 5.75. The third-order valence-electron chi connectivity index (χ3n) is 2.51. The minimum absolute atomic E-state index is 0.0515. The lowest BCUT2D eigenvalue weighted by Crippen LogP contribution is -2.27. The highest BCUT2D eigenvalue weighted by molar-refractivity contribution is 5.94. The number of carboxylic acids is 1. The van der Waals surface area contributed by atoms with Gasteiger partial charge in [-0.05, 0) is 12.1 Å². The number of aromatic hydroxyl groups is 1. The Kier molecular flexibility index (Phi) is 3.94. The van der Waals surface area contributed by atoms with Crippen molar-refractivity contribution in [2.75, 3.05) is 6.54 Å². The molecule has 3 N–H and O–H groups in total. The van der Waals surface area contributed by atoms with Crippen molar-refractivity contribution in [1.82, 2.24) is 19.9 Å². The summed E-state index contributed by atoms with van der Waals surface area (Å²) in [5.74, 6) is -1.80. The number of aromatic carboxylic acids is 1. The number of rotatable bonds is 5. The first-order chi connectivity index (χ1) is 9.58. The molecular weight excluding hydrogens is 264 g/mol. The van der Waals surface area contributed by atoms with E-state index in [1.807, 2.05) is 0 Å². The van der Waals surface area contributed by atoms with E-state index in [1.165, 1.54) is 30.9 Å². The summed E-state index contributed by atoms with van der Waals surface area (Å²) < 4.78 is 1.54. The van der Waals surface area contributed by atoms with Gasteiger partial charge in [0.15, 0.2) is 11.4 Å². The van der Waals surface area contributed by atoms with Gasteiger partial charge in [-0.25, -0.2) is 14.8 Å². The van der Waals surface area contributed by atoms with E-state index < -0.39 is 11.9 Å². The normalized spacial score (nSPS) is 10.2. The number of hydrogen-bond acceptors (Lipinski definition) is 5. The molecule has 8 nitrogen and oxygen atoms in total. The number of amides is 1. The fourth-order valence-corrected chi connectivity index (χ4v) is 1.55. The average molecular weight is 276 g/mol. The van der Waals surface area contributed by atoms with Crippen LogP contribution in [0.1, 0.15) is 21.0 Å². The largest absolute Gasteiger partial charge is 0.505 e. The number of nitrogens with one attached hydrogen (secondary N) is 1. The lowest BCUT2D eigenvalue weighted by atomic mass is 10.3. The van der Waals surface area contributed by atoms with Crippen molar-refractivity contribution < 1.29 is 19.8 Å². The SMILES string of the molecule is O=C(O)c1cn(CCNC(=O)c2ncccc2O)cn1. The van der Waals surface area contributed by atoms with Gasteiger partial charge in [-0.2, -0.15) is 0 Å². The molecule has 0 bridgehead atoms. The summed E-state index contributed by atoms with van der Waals surface area (Å²) >= 11 is 0. The molecule has 2 aromatic rings. The molecule has 0 aliphatic rings. The van der Waals surface area contributed by atoms with Gasteiger partial charge in [0.1, 0.15) is 5.75 Å². The second-order valence-electron chi connectivity index (χ2n) is 3.93. The Labute approximate surface area is 113 Å². The van der Waals surface area contributed by atoms with Crippen LogP contribution in [0.3, 0.4) is 0 Å². The minimum Gasteiger partial charge on any atom is -0.505 e. The van der Waals surface area contributed by atoms with E-state index in [-0.39, 0.29) is 23.7 Å². The van der Waals surface area contributed by atoms with Gasteiger partial charge in [-0.1, -0.05) is 0 Å². The third kappa shape index (κ3) is 3.10. The molecule has 20 heavy (non-hydrogen) atoms. The molecule has 2 aromatic heterocycles. The van der Waals surface area contributed by atoms with Crippen LogP contribution in [-0.4, -0.2) is 43.2 Å². The highest BCUT2D eigenvalue weighted by Crippen LogP contribution is 2.11. The van der Waals surface area contributed by atoms with Crippen molar-refractivity contribution in [1.29, 1.82) is 0 Å². The molecule has 0 fully saturated rings. The molecule has 104 valence electrons. The zero-order valence-electron chi connectivity index (χ0n) is 10.4. The molecule has 0 aromatic carbocycles. The fraction of sp³-hybridized carbons (Fsp3) is 0.167. The number of imidazole rings is 1. The topological polar surface area (TPSA) is 117 Å². The standard InChI is InChI=1S/C12H12N4O4/c17-9-2-1-3-13-10(9)11(18)14-4-5-16-6-8(12(19)20)15-7-16/h1-3,6-7,17H,4-5H2,(H,14,18)(H,19,20). The Balaban J connectivity index is 1.88. The zero-order valence-corrected chi connectivity index (χ0v) is 10.4. The highest BCUT2D eigenvalue weighted by atomic mass is 16.4. The number of carboxylic acid groups (broad SMARTS) is 1. The number of carbonyl (C=O) groups excluding carboxylic acids is 1. The van der Waals surface area contributed by atoms with Crippen molar-refractivity contribution in [3.8, 4) is 5.75 Å². The van der Waals surface area contributed by atoms with Crippen LogP contribution < -0.4 is 5.32 Å². The van der Waals surface area contributed by atoms with Crippen molar-refractivity contribution in [2.45, 2.75) is 6.54 Å². The van der Waals surface area contributed by atoms with E-state index in [9.17, 15) is 14.7 Å². The summed E-state index contributed by atoms with van der Waals surface area (Å²) in [6, 6.07) is 2.89. The number of nitrogens with zero attached hydrogens (tertiary/aromatic N) is 3. The molecule has 2 heterocycles. The van der Waals surface area contributed by atoms with Crippen LogP contribution in [0.2, 0.25) is 0 Å². The van der Waals surface area contributed by atoms with Crippen molar-refractivity contribution in [3.63, 3.8) is 0 Å². The van der Waals surface area contributed by atoms with E-state index in [0.29, 0.717) is 6.54 Å². The Morgan fingerprint density at radius 1 is 1.35 bits per heavy atom. The predicted molar refractivity (Wildman–Crippen MR) is 67.4 cm³/mol. The number of hydrogen-bond donors (Lipinski definition) is 3. The molecule has 0 aliphatic carbocycles. The first-order valence-electron chi connectivity index (χ1n) is 5.75. The van der Waals surface area contributed by atoms with Gasteiger partial charge in [-0.3, -0.25) is 4.79 Å². The van der Waals surface area contributed by atoms with Gasteiger partial charge in [-0.15, -0.1) is 0 Å². The molecule has 0 saturated heterocycles. The maximum atomic E-state index is 11.7. The Bertz CT molecular complexity index is 638. The van der Waals surface area contributed by atoms with Gasteiger partial charge in [0.05, 0.1) is 6.33 Å². The van der Waals surface area contributed by atoms with Crippen molar-refractivity contribution >= 4 is 11.9 Å². The highest BCUT2D eigenvalue weighted by Gasteiger charge is 2.11. The lowest BCUT2D eigenvalue weighted by molar-refractivity contribution is 0.0690. The van der Waals surface area contributed by atoms with Gasteiger partial charge >= 0.3 is 5.97 Å². The monoisotopic (exact) mass is 276 g/mol. The molecule has 0 spiro atoms. The smallest absolute Gasteiger partial charge is 0.356 e. The summed E-state index contributed by atoms with van der Waals surface area (Å²) in [7, 11) is 0. The van der Waals surface area contributed by atoms with E-state index in [2.05, 4.69) is 15.3 Å². The molecule has 2 rings (SSSR count). The first kappa shape index (κ1) is 13.5. The minimum atomic E-state index is -1.11. The number of carbonyl (C=O) groups is 2. The number of pyridine rings is 1. The molecule has 1 amide bonds. The predicted octanol–water partition coefficient (Wildman–Crippen LogP) is 0.112. The molecule has 0 radical (unpaired) electrons. The van der Waals surface area contributed by atoms with Crippen LogP contribution in [0.15, 0.2) is 30.9 Å². The molecule has 8 heteroatoms. The van der Waals surface area contributed by atoms with Crippen LogP contribution in [0.5, 0.6) is 5.75 Å². The van der Waals surface area contributed by atoms with Gasteiger partial charge in [0, 0.05) is 25.5 Å². The third-order valence-corrected chi connectivity index (χ3v) is 2.51. The maximum absolute atomic E-state index is 11.7. The molecule has 0 atom stereocenters. The lowest BCUT2D eigenvalue weighted by Gasteiger charge is -2.06. The van der Waals surface area contributed by atoms with E-state index in [1.54, 1.807) is 4.57 Å². The van der Waals surface area contributed by atoms with E-state index in [0.717, 1.165) is 0 Å². The summed E-state index contributed by atoms with van der Waals surface area (Å²) in [6.45, 7) is 0.615. The van der Waals surface area contributed by atoms with E-state index >= 15 is 0 Å². The summed E-state index contributed by atoms with van der Waals surface area (Å²) in [5, 5.41) is 20.7. The van der Waals surface area contributed by atoms with Gasteiger partial charge < -0.3 is 20.1 Å². The van der Waals surface area contributed by atoms with Gasteiger partial charge in [0.25, 0.3) is 5.91 Å². The quantitative estimate of drug-likeness (QED) is 0.713. The second-order valence-corrected chi connectivity index (χ2v) is 3.93. The van der Waals surface area contributed by atoms with Gasteiger partial charge in [0.2, 0.25) is 0 Å². The summed E-state index contributed by atoms with van der Waals surface area (Å²) in [4.78, 5) is 29.8. The van der Waals surface area contributed by atoms with Crippen molar-refractivity contribution in [3.05, 3.63) is 42.2 Å². The molecule has 0 aliphatic heterocycles. The van der Waals surface area contributed by atoms with Crippen LogP contribution in [0.25, 0.3) is 0 Å². The fourth-order valence-electron chi connectivity index (χ4n) is 1.55. The van der Waals surface area contributed by atoms with Crippen LogP contribution in [0, 0.1) is 0 Å². The van der Waals surface area contributed by atoms with E-state index in [4.69, 9.17) is 5.11 Å². The Morgan fingerprint density at radius 3 is 2.80 bits per heavy atom. The molecule has 0 unspecified atom stereocenters. The maximum Gasteiger partial charge on any atom is 0.356 e. The summed E-state index contributed by atoms with van der Waals surface area (Å²) in [6.07, 6.45) is 4.14. The Hall–Kier alpha value is -2.90. The summed E-state index contributed by atoms with van der Waals surface area (Å²) in [5.41, 5.74) is -0.108. The Morgan fingerprint density at radius 2 is 2.15 bits per heavy atom. The number of aromatic nitrogens is 3. The average Bonchev–Trinajstić information content (AvgIpc) is 2.88. The van der Waals surface area contributed by atoms with Crippen LogP contribution in [0.4, 0.5) is 0 Å². The molecule has 0 saturated carbocycles. The van der Waals surface area contributed by atoms with Crippen molar-refractivity contribution in [2.24, 2.45) is 0 Å². The van der Waals surface area contributed by atoms with Crippen LogP contribution in [-0.2, 0) is 6.54 Å².